The van der Waals surface area contributed by atoms with Gasteiger partial charge in [-0.05, 0) is 25.5 Å². The van der Waals surface area contributed by atoms with E-state index in [-0.39, 0.29) is 35.8 Å². The monoisotopic (exact) mass is 439 g/mol. The van der Waals surface area contributed by atoms with Crippen molar-refractivity contribution in [2.75, 3.05) is 50.8 Å². The normalized spacial score (nSPS) is 21.5. The SMILES string of the molecule is CCNC(=NCCC(=O)NC1CCS(=O)(=O)C1)N1CCN(C(=O)c2ccco2)CC1. The van der Waals surface area contributed by atoms with Gasteiger partial charge in [-0.1, -0.05) is 0 Å². The van der Waals surface area contributed by atoms with Crippen LogP contribution in [0.15, 0.2) is 27.8 Å². The third-order valence-corrected chi connectivity index (χ3v) is 6.90. The highest BCUT2D eigenvalue weighted by Crippen LogP contribution is 2.12. The average molecular weight is 440 g/mol. The van der Waals surface area contributed by atoms with E-state index in [1.165, 1.54) is 6.26 Å². The molecule has 30 heavy (non-hydrogen) atoms. The molecule has 0 saturated carbocycles. The van der Waals surface area contributed by atoms with Crippen LogP contribution in [0.3, 0.4) is 0 Å². The summed E-state index contributed by atoms with van der Waals surface area (Å²) in [5.41, 5.74) is 0. The van der Waals surface area contributed by atoms with Crippen molar-refractivity contribution in [1.82, 2.24) is 20.4 Å². The quantitative estimate of drug-likeness (QED) is 0.460. The summed E-state index contributed by atoms with van der Waals surface area (Å²) in [6, 6.07) is 3.06. The zero-order valence-electron chi connectivity index (χ0n) is 17.2. The van der Waals surface area contributed by atoms with E-state index in [9.17, 15) is 18.0 Å². The number of nitrogens with zero attached hydrogens (tertiary/aromatic N) is 3. The first-order valence-corrected chi connectivity index (χ1v) is 12.1. The lowest BCUT2D eigenvalue weighted by Crippen LogP contribution is -2.53. The van der Waals surface area contributed by atoms with Gasteiger partial charge in [-0.2, -0.15) is 0 Å². The molecule has 2 aliphatic rings. The fourth-order valence-corrected chi connectivity index (χ4v) is 5.25. The number of hydrogen-bond donors (Lipinski definition) is 2. The smallest absolute Gasteiger partial charge is 0.289 e. The average Bonchev–Trinajstić information content (AvgIpc) is 3.36. The number of guanidine groups is 1. The summed E-state index contributed by atoms with van der Waals surface area (Å²) in [7, 11) is -3.01. The number of carbonyl (C=O) groups is 2. The molecule has 0 bridgehead atoms. The number of carbonyl (C=O) groups excluding carboxylic acids is 2. The Bertz CT molecular complexity index is 860. The molecule has 166 valence electrons. The molecule has 11 heteroatoms. The van der Waals surface area contributed by atoms with E-state index < -0.39 is 9.84 Å². The lowest BCUT2D eigenvalue weighted by molar-refractivity contribution is -0.121. The van der Waals surface area contributed by atoms with Gasteiger partial charge < -0.3 is 24.9 Å². The van der Waals surface area contributed by atoms with Crippen LogP contribution in [0, 0.1) is 0 Å². The minimum Gasteiger partial charge on any atom is -0.459 e. The molecule has 0 aromatic carbocycles. The van der Waals surface area contributed by atoms with Crippen LogP contribution < -0.4 is 10.6 Å². The van der Waals surface area contributed by atoms with E-state index in [0.29, 0.717) is 57.4 Å². The molecule has 0 spiro atoms. The third-order valence-electron chi connectivity index (χ3n) is 5.13. The van der Waals surface area contributed by atoms with Gasteiger partial charge in [0, 0.05) is 45.2 Å². The Hall–Kier alpha value is -2.56. The Labute approximate surface area is 176 Å². The van der Waals surface area contributed by atoms with E-state index in [1.54, 1.807) is 17.0 Å². The highest BCUT2D eigenvalue weighted by Gasteiger charge is 2.29. The van der Waals surface area contributed by atoms with Gasteiger partial charge in [0.05, 0.1) is 24.3 Å². The van der Waals surface area contributed by atoms with Gasteiger partial charge in [-0.15, -0.1) is 0 Å². The minimum atomic E-state index is -3.01. The van der Waals surface area contributed by atoms with Crippen LogP contribution in [-0.4, -0.2) is 92.8 Å². The van der Waals surface area contributed by atoms with Crippen molar-refractivity contribution in [3.05, 3.63) is 24.2 Å². The van der Waals surface area contributed by atoms with Crippen LogP contribution in [0.1, 0.15) is 30.3 Å². The van der Waals surface area contributed by atoms with Gasteiger partial charge in [0.25, 0.3) is 5.91 Å². The molecule has 0 aliphatic carbocycles. The first-order valence-electron chi connectivity index (χ1n) is 10.2. The Morgan fingerprint density at radius 2 is 1.97 bits per heavy atom. The Morgan fingerprint density at radius 3 is 2.57 bits per heavy atom. The molecular formula is C19H29N5O5S. The van der Waals surface area contributed by atoms with E-state index >= 15 is 0 Å². The Morgan fingerprint density at radius 1 is 1.23 bits per heavy atom. The second-order valence-corrected chi connectivity index (χ2v) is 9.64. The van der Waals surface area contributed by atoms with Crippen LogP contribution in [0.5, 0.6) is 0 Å². The molecular weight excluding hydrogens is 410 g/mol. The molecule has 1 unspecified atom stereocenters. The molecule has 3 rings (SSSR count). The fraction of sp³-hybridized carbons (Fsp3) is 0.632. The second kappa shape index (κ2) is 9.96. The summed E-state index contributed by atoms with van der Waals surface area (Å²) in [6.07, 6.45) is 2.16. The van der Waals surface area contributed by atoms with E-state index in [4.69, 9.17) is 4.42 Å². The molecule has 10 nitrogen and oxygen atoms in total. The molecule has 1 aromatic rings. The van der Waals surface area contributed by atoms with Crippen molar-refractivity contribution in [1.29, 1.82) is 0 Å². The van der Waals surface area contributed by atoms with E-state index in [1.807, 2.05) is 6.92 Å². The number of hydrogen-bond acceptors (Lipinski definition) is 6. The first-order chi connectivity index (χ1) is 14.4. The number of amides is 2. The lowest BCUT2D eigenvalue weighted by atomic mass is 10.2. The Kier molecular flexibility index (Phi) is 7.35. The van der Waals surface area contributed by atoms with Gasteiger partial charge in [0.2, 0.25) is 5.91 Å². The summed E-state index contributed by atoms with van der Waals surface area (Å²) in [5, 5.41) is 6.00. The van der Waals surface area contributed by atoms with Crippen molar-refractivity contribution in [3.8, 4) is 0 Å². The van der Waals surface area contributed by atoms with Crippen molar-refractivity contribution >= 4 is 27.6 Å². The maximum absolute atomic E-state index is 12.4. The maximum Gasteiger partial charge on any atom is 0.289 e. The lowest BCUT2D eigenvalue weighted by Gasteiger charge is -2.36. The van der Waals surface area contributed by atoms with Gasteiger partial charge in [-0.25, -0.2) is 8.42 Å². The fourth-order valence-electron chi connectivity index (χ4n) is 3.58. The van der Waals surface area contributed by atoms with Crippen molar-refractivity contribution < 1.29 is 22.4 Å². The highest BCUT2D eigenvalue weighted by atomic mass is 32.2. The summed E-state index contributed by atoms with van der Waals surface area (Å²) in [6.45, 7) is 5.34. The number of sulfone groups is 1. The summed E-state index contributed by atoms with van der Waals surface area (Å²) in [5.74, 6) is 0.891. The largest absolute Gasteiger partial charge is 0.459 e. The van der Waals surface area contributed by atoms with Gasteiger partial charge >= 0.3 is 0 Å². The van der Waals surface area contributed by atoms with Crippen molar-refractivity contribution in [2.45, 2.75) is 25.8 Å². The number of furan rings is 1. The van der Waals surface area contributed by atoms with Crippen LogP contribution in [0.25, 0.3) is 0 Å². The number of piperazine rings is 1. The molecule has 0 radical (unpaired) electrons. The Balaban J connectivity index is 1.46. The predicted octanol–water partition coefficient (Wildman–Crippen LogP) is -0.304. The van der Waals surface area contributed by atoms with Crippen LogP contribution >= 0.6 is 0 Å². The number of nitrogens with one attached hydrogen (secondary N) is 2. The third kappa shape index (κ3) is 5.97. The molecule has 3 heterocycles. The summed E-state index contributed by atoms with van der Waals surface area (Å²) in [4.78, 5) is 32.8. The summed E-state index contributed by atoms with van der Waals surface area (Å²) >= 11 is 0. The van der Waals surface area contributed by atoms with Crippen LogP contribution in [-0.2, 0) is 14.6 Å². The van der Waals surface area contributed by atoms with Gasteiger partial charge in [-0.3, -0.25) is 14.6 Å². The predicted molar refractivity (Wildman–Crippen MR) is 112 cm³/mol. The molecule has 2 fully saturated rings. The van der Waals surface area contributed by atoms with Crippen LogP contribution in [0.2, 0.25) is 0 Å². The van der Waals surface area contributed by atoms with Crippen molar-refractivity contribution in [3.63, 3.8) is 0 Å². The topological polar surface area (TPSA) is 124 Å². The van der Waals surface area contributed by atoms with Crippen LogP contribution in [0.4, 0.5) is 0 Å². The van der Waals surface area contributed by atoms with Gasteiger partial charge in [0.15, 0.2) is 21.6 Å². The molecule has 2 amide bonds. The molecule has 2 saturated heterocycles. The molecule has 1 aromatic heterocycles. The minimum absolute atomic E-state index is 0.0195. The molecule has 2 aliphatic heterocycles. The first kappa shape index (κ1) is 22.1. The zero-order valence-corrected chi connectivity index (χ0v) is 18.0. The van der Waals surface area contributed by atoms with Gasteiger partial charge in [0.1, 0.15) is 0 Å². The number of aliphatic imine (C=N–C) groups is 1. The van der Waals surface area contributed by atoms with E-state index in [2.05, 4.69) is 20.5 Å². The molecule has 2 N–H and O–H groups in total. The molecule has 1 atom stereocenters. The maximum atomic E-state index is 12.4. The highest BCUT2D eigenvalue weighted by molar-refractivity contribution is 7.91. The summed E-state index contributed by atoms with van der Waals surface area (Å²) < 4.78 is 28.2. The standard InChI is InChI=1S/C19H29N5O5S/c1-2-20-19(21-7-5-17(25)22-15-6-13-30(27,28)14-15)24-10-8-23(9-11-24)18(26)16-4-3-12-29-16/h3-4,12,15H,2,5-11,13-14H2,1H3,(H,20,21)(H,22,25). The van der Waals surface area contributed by atoms with Crippen molar-refractivity contribution in [2.24, 2.45) is 4.99 Å². The number of rotatable bonds is 6. The van der Waals surface area contributed by atoms with E-state index in [0.717, 1.165) is 0 Å². The second-order valence-electron chi connectivity index (χ2n) is 7.41. The zero-order chi connectivity index (χ0) is 21.6.